The molecule has 148 valence electrons. The van der Waals surface area contributed by atoms with E-state index in [1.165, 1.54) is 4.52 Å². The second-order valence-corrected chi connectivity index (χ2v) is 7.04. The second-order valence-electron chi connectivity index (χ2n) is 7.04. The lowest BCUT2D eigenvalue weighted by molar-refractivity contribution is -0.130. The Morgan fingerprint density at radius 1 is 1.39 bits per heavy atom. The number of hydrogen-bond donors (Lipinski definition) is 1. The lowest BCUT2D eigenvalue weighted by Gasteiger charge is -2.16. The summed E-state index contributed by atoms with van der Waals surface area (Å²) in [5.74, 6) is 1.22. The number of fused-ring (bicyclic) bond motifs is 1. The largest absolute Gasteiger partial charge is 0.476 e. The summed E-state index contributed by atoms with van der Waals surface area (Å²) in [6.07, 6.45) is 1.63. The first-order valence-electron chi connectivity index (χ1n) is 9.49. The first-order valence-corrected chi connectivity index (χ1v) is 9.49. The van der Waals surface area contributed by atoms with Gasteiger partial charge in [0.25, 0.3) is 11.4 Å². The van der Waals surface area contributed by atoms with E-state index in [0.717, 1.165) is 17.8 Å². The van der Waals surface area contributed by atoms with Crippen molar-refractivity contribution in [2.45, 2.75) is 39.0 Å². The molecule has 9 heteroatoms. The molecule has 1 unspecified atom stereocenters. The van der Waals surface area contributed by atoms with Crippen molar-refractivity contribution in [1.82, 2.24) is 24.7 Å². The summed E-state index contributed by atoms with van der Waals surface area (Å²) in [5.41, 5.74) is 2.11. The first kappa shape index (κ1) is 18.3. The SMILES string of the molecule is CCOc1cc(CCC(=O)N2CCC(c3cc(=O)n4[nH]c(C)cc4n3)C2)on1. The summed E-state index contributed by atoms with van der Waals surface area (Å²) in [6, 6.07) is 5.12. The van der Waals surface area contributed by atoms with Crippen molar-refractivity contribution in [2.24, 2.45) is 0 Å². The zero-order chi connectivity index (χ0) is 19.7. The Morgan fingerprint density at radius 2 is 2.25 bits per heavy atom. The van der Waals surface area contributed by atoms with Crippen LogP contribution in [0.4, 0.5) is 0 Å². The highest BCUT2D eigenvalue weighted by molar-refractivity contribution is 5.76. The van der Waals surface area contributed by atoms with Gasteiger partial charge in [-0.3, -0.25) is 14.7 Å². The molecule has 0 aliphatic carbocycles. The predicted octanol–water partition coefficient (Wildman–Crippen LogP) is 1.67. The third-order valence-electron chi connectivity index (χ3n) is 4.97. The van der Waals surface area contributed by atoms with Crippen LogP contribution in [0.2, 0.25) is 0 Å². The third kappa shape index (κ3) is 3.64. The molecule has 1 atom stereocenters. The standard InChI is InChI=1S/C19H23N5O4/c1-3-27-17-9-14(28-22-17)4-5-18(25)23-7-6-13(11-23)15-10-19(26)24-16(20-15)8-12(2)21-24/h8-10,13,21H,3-7,11H2,1-2H3. The Hall–Kier alpha value is -3.10. The molecule has 1 fully saturated rings. The number of aryl methyl sites for hydroxylation is 2. The van der Waals surface area contributed by atoms with Crippen LogP contribution in [0.15, 0.2) is 27.5 Å². The Balaban J connectivity index is 1.38. The third-order valence-corrected chi connectivity index (χ3v) is 4.97. The lowest BCUT2D eigenvalue weighted by atomic mass is 10.0. The molecule has 0 spiro atoms. The van der Waals surface area contributed by atoms with E-state index < -0.39 is 0 Å². The summed E-state index contributed by atoms with van der Waals surface area (Å²) in [6.45, 7) is 5.52. The molecule has 1 saturated heterocycles. The van der Waals surface area contributed by atoms with Crippen LogP contribution >= 0.6 is 0 Å². The van der Waals surface area contributed by atoms with Crippen LogP contribution < -0.4 is 10.3 Å². The highest BCUT2D eigenvalue weighted by Crippen LogP contribution is 2.26. The van der Waals surface area contributed by atoms with Crippen molar-refractivity contribution >= 4 is 11.6 Å². The van der Waals surface area contributed by atoms with Crippen LogP contribution in [-0.4, -0.2) is 50.3 Å². The average molecular weight is 385 g/mol. The maximum absolute atomic E-state index is 12.6. The van der Waals surface area contributed by atoms with Gasteiger partial charge in [-0.25, -0.2) is 9.50 Å². The molecule has 0 saturated carbocycles. The van der Waals surface area contributed by atoms with E-state index in [2.05, 4.69) is 15.2 Å². The van der Waals surface area contributed by atoms with Crippen LogP contribution in [0.3, 0.4) is 0 Å². The monoisotopic (exact) mass is 385 g/mol. The van der Waals surface area contributed by atoms with Crippen molar-refractivity contribution in [3.05, 3.63) is 45.7 Å². The van der Waals surface area contributed by atoms with Crippen molar-refractivity contribution < 1.29 is 14.1 Å². The summed E-state index contributed by atoms with van der Waals surface area (Å²) < 4.78 is 11.9. The fraction of sp³-hybridized carbons (Fsp3) is 0.474. The molecule has 0 radical (unpaired) electrons. The van der Waals surface area contributed by atoms with Crippen LogP contribution in [0.1, 0.15) is 42.8 Å². The summed E-state index contributed by atoms with van der Waals surface area (Å²) in [7, 11) is 0. The summed E-state index contributed by atoms with van der Waals surface area (Å²) in [4.78, 5) is 31.3. The fourth-order valence-corrected chi connectivity index (χ4v) is 3.58. The number of rotatable bonds is 6. The molecule has 1 aliphatic heterocycles. The minimum atomic E-state index is -0.131. The maximum atomic E-state index is 12.6. The van der Waals surface area contributed by atoms with Crippen molar-refractivity contribution in [1.29, 1.82) is 0 Å². The Bertz CT molecular complexity index is 1050. The molecular formula is C19H23N5O4. The van der Waals surface area contributed by atoms with Gasteiger partial charge in [0, 0.05) is 55.7 Å². The van der Waals surface area contributed by atoms with Gasteiger partial charge in [-0.2, -0.15) is 0 Å². The Labute approximate surface area is 161 Å². The first-order chi connectivity index (χ1) is 13.5. The zero-order valence-electron chi connectivity index (χ0n) is 16.0. The van der Waals surface area contributed by atoms with E-state index in [0.29, 0.717) is 49.8 Å². The van der Waals surface area contributed by atoms with E-state index in [1.54, 1.807) is 12.1 Å². The number of nitrogens with one attached hydrogen (secondary N) is 1. The molecular weight excluding hydrogens is 362 g/mol. The molecule has 28 heavy (non-hydrogen) atoms. The number of carbonyl (C=O) groups is 1. The number of nitrogens with zero attached hydrogens (tertiary/aromatic N) is 4. The van der Waals surface area contributed by atoms with Gasteiger partial charge < -0.3 is 14.2 Å². The smallest absolute Gasteiger partial charge is 0.272 e. The number of aromatic nitrogens is 4. The van der Waals surface area contributed by atoms with Crippen LogP contribution in [0, 0.1) is 6.92 Å². The number of likely N-dealkylation sites (tertiary alicyclic amines) is 1. The zero-order valence-corrected chi connectivity index (χ0v) is 16.0. The van der Waals surface area contributed by atoms with Gasteiger partial charge in [0.05, 0.1) is 12.3 Å². The molecule has 4 rings (SSSR count). The fourth-order valence-electron chi connectivity index (χ4n) is 3.58. The van der Waals surface area contributed by atoms with Gasteiger partial charge >= 0.3 is 0 Å². The van der Waals surface area contributed by atoms with E-state index >= 15 is 0 Å². The molecule has 0 aromatic carbocycles. The van der Waals surface area contributed by atoms with Crippen molar-refractivity contribution in [2.75, 3.05) is 19.7 Å². The minimum absolute atomic E-state index is 0.0622. The molecule has 9 nitrogen and oxygen atoms in total. The highest BCUT2D eigenvalue weighted by atomic mass is 16.5. The topological polar surface area (TPSA) is 106 Å². The molecule has 0 bridgehead atoms. The lowest BCUT2D eigenvalue weighted by Crippen LogP contribution is -2.29. The van der Waals surface area contributed by atoms with Gasteiger partial charge in [-0.1, -0.05) is 0 Å². The normalized spacial score (nSPS) is 16.8. The van der Waals surface area contributed by atoms with E-state index in [9.17, 15) is 9.59 Å². The summed E-state index contributed by atoms with van der Waals surface area (Å²) in [5, 5.41) is 6.77. The minimum Gasteiger partial charge on any atom is -0.476 e. The second kappa shape index (κ2) is 7.49. The van der Waals surface area contributed by atoms with Gasteiger partial charge in [-0.15, -0.1) is 0 Å². The number of carbonyl (C=O) groups excluding carboxylic acids is 1. The van der Waals surface area contributed by atoms with Crippen LogP contribution in [-0.2, 0) is 11.2 Å². The van der Waals surface area contributed by atoms with E-state index in [1.807, 2.05) is 24.8 Å². The molecule has 4 heterocycles. The molecule has 3 aromatic rings. The Morgan fingerprint density at radius 3 is 3.07 bits per heavy atom. The number of hydrogen-bond acceptors (Lipinski definition) is 6. The van der Waals surface area contributed by atoms with E-state index in [4.69, 9.17) is 9.26 Å². The van der Waals surface area contributed by atoms with Crippen LogP contribution in [0.5, 0.6) is 5.88 Å². The maximum Gasteiger partial charge on any atom is 0.272 e. The molecule has 1 aliphatic rings. The number of H-pyrrole nitrogens is 1. The average Bonchev–Trinajstić information content (AvgIpc) is 3.39. The van der Waals surface area contributed by atoms with Gasteiger partial charge in [0.2, 0.25) is 5.91 Å². The number of ether oxygens (including phenoxy) is 1. The number of aromatic amines is 1. The van der Waals surface area contributed by atoms with Crippen molar-refractivity contribution in [3.63, 3.8) is 0 Å². The molecule has 3 aromatic heterocycles. The van der Waals surface area contributed by atoms with Gasteiger partial charge in [-0.05, 0) is 25.4 Å². The summed E-state index contributed by atoms with van der Waals surface area (Å²) >= 11 is 0. The van der Waals surface area contributed by atoms with E-state index in [-0.39, 0.29) is 17.4 Å². The van der Waals surface area contributed by atoms with Crippen molar-refractivity contribution in [3.8, 4) is 5.88 Å². The van der Waals surface area contributed by atoms with Gasteiger partial charge in [0.15, 0.2) is 5.65 Å². The highest BCUT2D eigenvalue weighted by Gasteiger charge is 2.28. The quantitative estimate of drug-likeness (QED) is 0.692. The van der Waals surface area contributed by atoms with Gasteiger partial charge in [0.1, 0.15) is 5.76 Å². The molecule has 1 N–H and O–H groups in total. The van der Waals surface area contributed by atoms with Crippen LogP contribution in [0.25, 0.3) is 5.65 Å². The predicted molar refractivity (Wildman–Crippen MR) is 100 cm³/mol. The number of amides is 1. The Kier molecular flexibility index (Phi) is 4.89. The molecule has 1 amide bonds.